The number of carbonyl (C=O) groups is 2. The van der Waals surface area contributed by atoms with E-state index in [4.69, 9.17) is 10.2 Å². The van der Waals surface area contributed by atoms with E-state index >= 15 is 0 Å². The molecule has 0 aliphatic heterocycles. The first-order valence-corrected chi connectivity index (χ1v) is 5.60. The summed E-state index contributed by atoms with van der Waals surface area (Å²) in [6.07, 6.45) is -0.367. The topological polar surface area (TPSA) is 98.0 Å². The van der Waals surface area contributed by atoms with Gasteiger partial charge in [-0.15, -0.1) is 0 Å². The molecule has 20 heavy (non-hydrogen) atoms. The molecule has 2 aromatic rings. The summed E-state index contributed by atoms with van der Waals surface area (Å²) in [5.41, 5.74) is 0.964. The van der Waals surface area contributed by atoms with Gasteiger partial charge in [0.2, 0.25) is 0 Å². The number of ether oxygens (including phenoxy) is 2. The molecule has 0 fully saturated rings. The molecule has 2 N–H and O–H groups in total. The van der Waals surface area contributed by atoms with Crippen LogP contribution in [-0.2, 0) is 6.54 Å². The van der Waals surface area contributed by atoms with Crippen molar-refractivity contribution in [3.63, 3.8) is 0 Å². The van der Waals surface area contributed by atoms with E-state index in [0.717, 1.165) is 5.56 Å². The van der Waals surface area contributed by atoms with Crippen molar-refractivity contribution in [1.82, 2.24) is 4.57 Å². The predicted molar refractivity (Wildman–Crippen MR) is 67.3 cm³/mol. The fraction of sp³-hybridized carbons (Fsp3) is 0.0769. The molecule has 0 aliphatic carbocycles. The summed E-state index contributed by atoms with van der Waals surface area (Å²) in [6.45, 7) is 0.430. The second kappa shape index (κ2) is 5.79. The van der Waals surface area contributed by atoms with Crippen molar-refractivity contribution in [2.45, 2.75) is 6.54 Å². The fourth-order valence-electron chi connectivity index (χ4n) is 1.69. The third kappa shape index (κ3) is 3.52. The van der Waals surface area contributed by atoms with Crippen molar-refractivity contribution >= 4 is 12.3 Å². The van der Waals surface area contributed by atoms with Crippen molar-refractivity contribution in [1.29, 1.82) is 0 Å². The molecule has 1 aromatic carbocycles. The summed E-state index contributed by atoms with van der Waals surface area (Å²) in [7, 11) is 0. The van der Waals surface area contributed by atoms with Crippen LogP contribution in [0.2, 0.25) is 0 Å². The molecule has 0 bridgehead atoms. The SMILES string of the molecule is O=C(O)Oc1cn(Cc2ccccc2)cc1OC(=O)O. The van der Waals surface area contributed by atoms with Crippen molar-refractivity contribution < 1.29 is 29.3 Å². The first kappa shape index (κ1) is 13.5. The Balaban J connectivity index is 2.23. The zero-order chi connectivity index (χ0) is 14.5. The van der Waals surface area contributed by atoms with Gasteiger partial charge < -0.3 is 24.3 Å². The highest BCUT2D eigenvalue weighted by atomic mass is 16.7. The van der Waals surface area contributed by atoms with Crippen LogP contribution in [-0.4, -0.2) is 27.1 Å². The lowest BCUT2D eigenvalue weighted by atomic mass is 10.2. The zero-order valence-corrected chi connectivity index (χ0v) is 10.2. The van der Waals surface area contributed by atoms with Crippen LogP contribution in [0.4, 0.5) is 9.59 Å². The highest BCUT2D eigenvalue weighted by Gasteiger charge is 2.16. The van der Waals surface area contributed by atoms with E-state index in [-0.39, 0.29) is 11.5 Å². The van der Waals surface area contributed by atoms with E-state index in [1.54, 1.807) is 4.57 Å². The monoisotopic (exact) mass is 277 g/mol. The zero-order valence-electron chi connectivity index (χ0n) is 10.2. The molecule has 0 spiro atoms. The normalized spacial score (nSPS) is 10.0. The average molecular weight is 277 g/mol. The van der Waals surface area contributed by atoms with E-state index in [0.29, 0.717) is 6.54 Å². The van der Waals surface area contributed by atoms with E-state index < -0.39 is 12.3 Å². The Morgan fingerprint density at radius 2 is 1.45 bits per heavy atom. The summed E-state index contributed by atoms with van der Waals surface area (Å²) in [5.74, 6) is -0.341. The minimum Gasteiger partial charge on any atom is -0.449 e. The molecule has 0 aliphatic rings. The smallest absolute Gasteiger partial charge is 0.449 e. The van der Waals surface area contributed by atoms with Crippen LogP contribution < -0.4 is 9.47 Å². The molecule has 7 nitrogen and oxygen atoms in total. The summed E-state index contributed by atoms with van der Waals surface area (Å²) in [4.78, 5) is 21.1. The molecule has 1 aromatic heterocycles. The maximum atomic E-state index is 10.5. The largest absolute Gasteiger partial charge is 0.511 e. The number of benzene rings is 1. The quantitative estimate of drug-likeness (QED) is 0.833. The number of rotatable bonds is 4. The third-order valence-electron chi connectivity index (χ3n) is 2.41. The maximum absolute atomic E-state index is 10.5. The van der Waals surface area contributed by atoms with Gasteiger partial charge in [-0.1, -0.05) is 30.3 Å². The van der Waals surface area contributed by atoms with Crippen LogP contribution in [0.5, 0.6) is 11.5 Å². The van der Waals surface area contributed by atoms with Crippen LogP contribution in [0.25, 0.3) is 0 Å². The minimum absolute atomic E-state index is 0.171. The van der Waals surface area contributed by atoms with Crippen molar-refractivity contribution in [2.75, 3.05) is 0 Å². The van der Waals surface area contributed by atoms with Gasteiger partial charge in [0.15, 0.2) is 11.5 Å². The Kier molecular flexibility index (Phi) is 3.90. The molecular weight excluding hydrogens is 266 g/mol. The highest BCUT2D eigenvalue weighted by molar-refractivity contribution is 5.66. The Bertz CT molecular complexity index is 586. The van der Waals surface area contributed by atoms with E-state index in [2.05, 4.69) is 9.47 Å². The number of aromatic nitrogens is 1. The van der Waals surface area contributed by atoms with Gasteiger partial charge in [0, 0.05) is 6.54 Å². The lowest BCUT2D eigenvalue weighted by Crippen LogP contribution is -2.06. The van der Waals surface area contributed by atoms with Gasteiger partial charge in [-0.2, -0.15) is 0 Å². The van der Waals surface area contributed by atoms with Crippen LogP contribution in [0.1, 0.15) is 5.56 Å². The molecule has 1 heterocycles. The second-order valence-corrected chi connectivity index (χ2v) is 3.88. The second-order valence-electron chi connectivity index (χ2n) is 3.88. The minimum atomic E-state index is -1.54. The third-order valence-corrected chi connectivity index (χ3v) is 2.41. The van der Waals surface area contributed by atoms with Gasteiger partial charge in [0.25, 0.3) is 0 Å². The predicted octanol–water partition coefficient (Wildman–Crippen LogP) is 2.65. The fourth-order valence-corrected chi connectivity index (χ4v) is 1.69. The summed E-state index contributed by atoms with van der Waals surface area (Å²) >= 11 is 0. The molecule has 0 unspecified atom stereocenters. The number of carboxylic acid groups (broad SMARTS) is 2. The van der Waals surface area contributed by atoms with E-state index in [9.17, 15) is 9.59 Å². The van der Waals surface area contributed by atoms with Gasteiger partial charge in [-0.25, -0.2) is 9.59 Å². The van der Waals surface area contributed by atoms with Gasteiger partial charge in [0.1, 0.15) is 0 Å². The lowest BCUT2D eigenvalue weighted by Gasteiger charge is -2.01. The number of hydrogen-bond acceptors (Lipinski definition) is 4. The Hall–Kier alpha value is -2.96. The Morgan fingerprint density at radius 3 is 1.90 bits per heavy atom. The number of nitrogens with zero attached hydrogens (tertiary/aromatic N) is 1. The molecule has 0 atom stereocenters. The Labute approximate surface area is 113 Å². The molecule has 0 radical (unpaired) electrons. The van der Waals surface area contributed by atoms with E-state index in [1.165, 1.54) is 12.4 Å². The van der Waals surface area contributed by atoms with Gasteiger partial charge >= 0.3 is 12.3 Å². The summed E-state index contributed by atoms with van der Waals surface area (Å²) < 4.78 is 10.5. The first-order valence-electron chi connectivity index (χ1n) is 5.60. The molecule has 0 saturated carbocycles. The van der Waals surface area contributed by atoms with Crippen molar-refractivity contribution in [2.24, 2.45) is 0 Å². The maximum Gasteiger partial charge on any atom is 0.511 e. The molecule has 2 rings (SSSR count). The van der Waals surface area contributed by atoms with Crippen LogP contribution in [0, 0.1) is 0 Å². The van der Waals surface area contributed by atoms with Crippen LogP contribution in [0.3, 0.4) is 0 Å². The lowest BCUT2D eigenvalue weighted by molar-refractivity contribution is 0.133. The summed E-state index contributed by atoms with van der Waals surface area (Å²) in [6, 6.07) is 9.37. The number of hydrogen-bond donors (Lipinski definition) is 2. The molecule has 7 heteroatoms. The van der Waals surface area contributed by atoms with Gasteiger partial charge in [0.05, 0.1) is 12.4 Å². The van der Waals surface area contributed by atoms with Gasteiger partial charge in [-0.3, -0.25) is 0 Å². The first-order chi connectivity index (χ1) is 9.54. The summed E-state index contributed by atoms with van der Waals surface area (Å²) in [5, 5.41) is 17.2. The van der Waals surface area contributed by atoms with Crippen molar-refractivity contribution in [3.8, 4) is 11.5 Å². The average Bonchev–Trinajstić information content (AvgIpc) is 2.70. The van der Waals surface area contributed by atoms with Crippen LogP contribution in [0.15, 0.2) is 42.7 Å². The Morgan fingerprint density at radius 1 is 0.950 bits per heavy atom. The molecule has 0 saturated heterocycles. The molecule has 104 valence electrons. The highest BCUT2D eigenvalue weighted by Crippen LogP contribution is 2.29. The molecule has 0 amide bonds. The van der Waals surface area contributed by atoms with E-state index in [1.807, 2.05) is 30.3 Å². The van der Waals surface area contributed by atoms with Crippen molar-refractivity contribution in [3.05, 3.63) is 48.3 Å². The van der Waals surface area contributed by atoms with Crippen LogP contribution >= 0.6 is 0 Å². The molecular formula is C13H11NO6. The van der Waals surface area contributed by atoms with Gasteiger partial charge in [-0.05, 0) is 5.56 Å². The standard InChI is InChI=1S/C13H11NO6/c15-12(16)19-10-7-14(8-11(10)20-13(17)18)6-9-4-2-1-3-5-9/h1-5,7-8H,6H2,(H,15,16)(H,17,18).